The molecule has 76 valence electrons. The van der Waals surface area contributed by atoms with Crippen molar-refractivity contribution in [1.29, 1.82) is 0 Å². The average molecular weight is 215 g/mol. The Labute approximate surface area is 87.8 Å². The molecule has 14 heavy (non-hydrogen) atoms. The summed E-state index contributed by atoms with van der Waals surface area (Å²) < 4.78 is 4.99. The number of carbonyl (C=O) groups is 1. The fourth-order valence-corrected chi connectivity index (χ4v) is 0.985. The number of halogens is 1. The minimum Gasteiger partial charge on any atom is -0.456 e. The Bertz CT molecular complexity index is 289. The zero-order valence-corrected chi connectivity index (χ0v) is 8.54. The normalized spacial score (nSPS) is 12.1. The summed E-state index contributed by atoms with van der Waals surface area (Å²) in [4.78, 5) is 11.4. The molecule has 0 saturated heterocycles. The molecule has 1 unspecified atom stereocenters. The highest BCUT2D eigenvalue weighted by Crippen LogP contribution is 2.01. The number of rotatable bonds is 4. The monoisotopic (exact) mass is 214 g/mol. The van der Waals surface area contributed by atoms with Crippen LogP contribution in [0.5, 0.6) is 0 Å². The third kappa shape index (κ3) is 3.36. The summed E-state index contributed by atoms with van der Waals surface area (Å²) in [7, 11) is 0. The lowest BCUT2D eigenvalue weighted by Crippen LogP contribution is -2.64. The van der Waals surface area contributed by atoms with Gasteiger partial charge in [0.05, 0.1) is 11.4 Å². The van der Waals surface area contributed by atoms with Crippen molar-refractivity contribution in [2.45, 2.75) is 6.04 Å². The van der Waals surface area contributed by atoms with E-state index in [2.05, 4.69) is 5.73 Å². The van der Waals surface area contributed by atoms with Crippen LogP contribution in [-0.4, -0.2) is 24.5 Å². The quantitative estimate of drug-likeness (QED) is 0.593. The van der Waals surface area contributed by atoms with Crippen molar-refractivity contribution in [3.8, 4) is 0 Å². The number of esters is 1. The van der Waals surface area contributed by atoms with E-state index in [0.717, 1.165) is 0 Å². The molecule has 0 aliphatic heterocycles. The van der Waals surface area contributed by atoms with Crippen LogP contribution in [0.15, 0.2) is 30.3 Å². The van der Waals surface area contributed by atoms with Crippen molar-refractivity contribution >= 4 is 17.6 Å². The molecule has 0 radical (unpaired) electrons. The first kappa shape index (κ1) is 11.0. The Balaban J connectivity index is 2.44. The summed E-state index contributed by atoms with van der Waals surface area (Å²) in [5.74, 6) is 0.0617. The average Bonchev–Trinajstić information content (AvgIpc) is 2.26. The van der Waals surface area contributed by atoms with Crippen molar-refractivity contribution in [3.05, 3.63) is 35.9 Å². The van der Waals surface area contributed by atoms with Gasteiger partial charge in [0, 0.05) is 0 Å². The standard InChI is InChI=1S/C10H12ClNO2/c11-6-9(12)7-14-10(13)8-4-2-1-3-5-8/h1-5,9H,6-7,12H2/p+1. The molecule has 0 aliphatic carbocycles. The Morgan fingerprint density at radius 3 is 2.64 bits per heavy atom. The van der Waals surface area contributed by atoms with E-state index in [9.17, 15) is 4.79 Å². The molecular weight excluding hydrogens is 202 g/mol. The molecule has 0 aliphatic rings. The van der Waals surface area contributed by atoms with E-state index in [1.807, 2.05) is 6.07 Å². The van der Waals surface area contributed by atoms with Crippen LogP contribution in [0.1, 0.15) is 10.4 Å². The summed E-state index contributed by atoms with van der Waals surface area (Å²) in [5, 5.41) is 0. The number of hydrogen-bond acceptors (Lipinski definition) is 2. The first-order valence-corrected chi connectivity index (χ1v) is 4.88. The van der Waals surface area contributed by atoms with E-state index in [1.54, 1.807) is 24.3 Å². The van der Waals surface area contributed by atoms with Gasteiger partial charge in [0.1, 0.15) is 12.6 Å². The molecule has 4 heteroatoms. The summed E-state index contributed by atoms with van der Waals surface area (Å²) >= 11 is 5.53. The van der Waals surface area contributed by atoms with Gasteiger partial charge in [0.2, 0.25) is 0 Å². The predicted molar refractivity (Wildman–Crippen MR) is 54.1 cm³/mol. The summed E-state index contributed by atoms with van der Waals surface area (Å²) in [6.45, 7) is 0.261. The molecule has 0 aromatic heterocycles. The zero-order chi connectivity index (χ0) is 10.4. The smallest absolute Gasteiger partial charge is 0.338 e. The van der Waals surface area contributed by atoms with E-state index in [4.69, 9.17) is 16.3 Å². The number of alkyl halides is 1. The number of carbonyl (C=O) groups excluding carboxylic acids is 1. The maximum absolute atomic E-state index is 11.4. The Kier molecular flexibility index (Phi) is 4.43. The maximum atomic E-state index is 11.4. The van der Waals surface area contributed by atoms with Crippen LogP contribution in [0.25, 0.3) is 0 Å². The van der Waals surface area contributed by atoms with E-state index in [1.165, 1.54) is 0 Å². The van der Waals surface area contributed by atoms with Gasteiger partial charge < -0.3 is 10.5 Å². The van der Waals surface area contributed by atoms with Crippen LogP contribution in [0, 0.1) is 0 Å². The third-order valence-electron chi connectivity index (χ3n) is 1.68. The van der Waals surface area contributed by atoms with Crippen molar-refractivity contribution in [2.24, 2.45) is 0 Å². The molecular formula is C10H13ClNO2+. The van der Waals surface area contributed by atoms with Crippen LogP contribution in [0.3, 0.4) is 0 Å². The van der Waals surface area contributed by atoms with E-state index in [-0.39, 0.29) is 18.6 Å². The van der Waals surface area contributed by atoms with Crippen LogP contribution < -0.4 is 5.73 Å². The number of benzene rings is 1. The Morgan fingerprint density at radius 2 is 2.07 bits per heavy atom. The Hall–Kier alpha value is -1.06. The lowest BCUT2D eigenvalue weighted by molar-refractivity contribution is -0.417. The highest BCUT2D eigenvalue weighted by atomic mass is 35.5. The second kappa shape index (κ2) is 5.62. The molecule has 1 atom stereocenters. The molecule has 0 spiro atoms. The first-order chi connectivity index (χ1) is 6.74. The van der Waals surface area contributed by atoms with Crippen molar-refractivity contribution in [1.82, 2.24) is 0 Å². The summed E-state index contributed by atoms with van der Waals surface area (Å²) in [6.07, 6.45) is 0. The van der Waals surface area contributed by atoms with Crippen LogP contribution >= 0.6 is 11.6 Å². The van der Waals surface area contributed by atoms with Gasteiger partial charge in [-0.2, -0.15) is 0 Å². The summed E-state index contributed by atoms with van der Waals surface area (Å²) in [6, 6.07) is 8.80. The fourth-order valence-electron chi connectivity index (χ4n) is 0.896. The first-order valence-electron chi connectivity index (χ1n) is 4.35. The van der Waals surface area contributed by atoms with Gasteiger partial charge in [-0.25, -0.2) is 4.79 Å². The molecule has 1 aromatic carbocycles. The molecule has 0 heterocycles. The second-order valence-corrected chi connectivity index (χ2v) is 3.29. The molecule has 0 bridgehead atoms. The molecule has 3 nitrogen and oxygen atoms in total. The molecule has 0 amide bonds. The number of hydrogen-bond donors (Lipinski definition) is 1. The van der Waals surface area contributed by atoms with Gasteiger partial charge in [-0.05, 0) is 12.1 Å². The molecule has 0 fully saturated rings. The molecule has 0 saturated carbocycles. The number of ether oxygens (including phenoxy) is 1. The van der Waals surface area contributed by atoms with Crippen LogP contribution in [0.4, 0.5) is 0 Å². The van der Waals surface area contributed by atoms with E-state index in [0.29, 0.717) is 11.4 Å². The van der Waals surface area contributed by atoms with Gasteiger partial charge in [0.25, 0.3) is 0 Å². The minimum absolute atomic E-state index is 0.0515. The van der Waals surface area contributed by atoms with Gasteiger partial charge in [0.15, 0.2) is 0 Å². The van der Waals surface area contributed by atoms with Crippen LogP contribution in [0.2, 0.25) is 0 Å². The SMILES string of the molecule is [NH3+]C(CCl)COC(=O)c1ccccc1. The van der Waals surface area contributed by atoms with Crippen molar-refractivity contribution < 1.29 is 15.3 Å². The van der Waals surface area contributed by atoms with Crippen molar-refractivity contribution in [2.75, 3.05) is 12.5 Å². The van der Waals surface area contributed by atoms with E-state index < -0.39 is 0 Å². The van der Waals surface area contributed by atoms with Crippen molar-refractivity contribution in [3.63, 3.8) is 0 Å². The molecule has 1 aromatic rings. The van der Waals surface area contributed by atoms with Gasteiger partial charge in [-0.15, -0.1) is 11.6 Å². The molecule has 1 rings (SSSR count). The lowest BCUT2D eigenvalue weighted by Gasteiger charge is -2.06. The topological polar surface area (TPSA) is 53.9 Å². The maximum Gasteiger partial charge on any atom is 0.338 e. The zero-order valence-electron chi connectivity index (χ0n) is 7.78. The lowest BCUT2D eigenvalue weighted by atomic mass is 10.2. The minimum atomic E-state index is -0.329. The van der Waals surface area contributed by atoms with Crippen LogP contribution in [-0.2, 0) is 4.74 Å². The van der Waals surface area contributed by atoms with Gasteiger partial charge in [-0.3, -0.25) is 0 Å². The predicted octanol–water partition coefficient (Wildman–Crippen LogP) is 0.693. The highest BCUT2D eigenvalue weighted by Gasteiger charge is 2.10. The second-order valence-electron chi connectivity index (χ2n) is 2.98. The number of quaternary nitrogens is 1. The van der Waals surface area contributed by atoms with Gasteiger partial charge >= 0.3 is 5.97 Å². The largest absolute Gasteiger partial charge is 0.456 e. The van der Waals surface area contributed by atoms with Gasteiger partial charge in [-0.1, -0.05) is 18.2 Å². The third-order valence-corrected chi connectivity index (χ3v) is 2.11. The van der Waals surface area contributed by atoms with E-state index >= 15 is 0 Å². The summed E-state index contributed by atoms with van der Waals surface area (Å²) in [5.41, 5.74) is 4.26. The molecule has 3 N–H and O–H groups in total. The fraction of sp³-hybridized carbons (Fsp3) is 0.300. The Morgan fingerprint density at radius 1 is 1.43 bits per heavy atom. The highest BCUT2D eigenvalue weighted by molar-refractivity contribution is 6.18.